The highest BCUT2D eigenvalue weighted by molar-refractivity contribution is 5.92. The fourth-order valence-electron chi connectivity index (χ4n) is 1.71. The van der Waals surface area contributed by atoms with Gasteiger partial charge in [-0.25, -0.2) is 9.97 Å². The molecule has 0 aliphatic carbocycles. The number of carbonyl (C=O) groups is 1. The molecule has 2 N–H and O–H groups in total. The smallest absolute Gasteiger partial charge is 0.270 e. The Morgan fingerprint density at radius 2 is 1.90 bits per heavy atom. The summed E-state index contributed by atoms with van der Waals surface area (Å²) in [5, 5.41) is 6.03. The molecule has 0 saturated heterocycles. The topological polar surface area (TPSA) is 79.8 Å². The minimum absolute atomic E-state index is 0.126. The minimum Gasteiger partial charge on any atom is -0.365 e. The summed E-state index contributed by atoms with van der Waals surface area (Å²) in [7, 11) is 0. The van der Waals surface area contributed by atoms with Crippen LogP contribution in [0.25, 0.3) is 0 Å². The molecule has 2 aromatic heterocycles. The van der Waals surface area contributed by atoms with Crippen LogP contribution >= 0.6 is 0 Å². The normalized spacial score (nSPS) is 11.0. The second kappa shape index (κ2) is 6.30. The summed E-state index contributed by atoms with van der Waals surface area (Å²) in [6, 6.07) is 5.35. The Hall–Kier alpha value is -2.50. The van der Waals surface area contributed by atoms with E-state index in [1.54, 1.807) is 18.5 Å². The van der Waals surface area contributed by atoms with Crippen molar-refractivity contribution in [2.75, 3.05) is 5.32 Å². The number of amides is 1. The van der Waals surface area contributed by atoms with Gasteiger partial charge in [-0.15, -0.1) is 0 Å². The number of rotatable bonds is 4. The largest absolute Gasteiger partial charge is 0.365 e. The average Bonchev–Trinajstić information content (AvgIpc) is 2.44. The van der Waals surface area contributed by atoms with Crippen molar-refractivity contribution in [2.45, 2.75) is 32.9 Å². The van der Waals surface area contributed by atoms with Gasteiger partial charge in [0.25, 0.3) is 5.91 Å². The molecule has 0 unspecified atom stereocenters. The van der Waals surface area contributed by atoms with Gasteiger partial charge in [-0.1, -0.05) is 0 Å². The zero-order valence-corrected chi connectivity index (χ0v) is 12.4. The summed E-state index contributed by atoms with van der Waals surface area (Å²) in [4.78, 5) is 24.1. The summed E-state index contributed by atoms with van der Waals surface area (Å²) in [5.41, 5.74) is 1.20. The molecule has 0 saturated carbocycles. The fraction of sp³-hybridized carbons (Fsp3) is 0.333. The second-order valence-electron chi connectivity index (χ2n) is 5.70. The number of hydrogen-bond acceptors (Lipinski definition) is 5. The highest BCUT2D eigenvalue weighted by Crippen LogP contribution is 2.12. The van der Waals surface area contributed by atoms with Gasteiger partial charge < -0.3 is 10.6 Å². The van der Waals surface area contributed by atoms with Gasteiger partial charge in [0.05, 0.1) is 0 Å². The van der Waals surface area contributed by atoms with Crippen molar-refractivity contribution in [2.24, 2.45) is 0 Å². The number of anilines is 1. The van der Waals surface area contributed by atoms with Gasteiger partial charge in [0.15, 0.2) is 0 Å². The molecule has 0 aliphatic heterocycles. The summed E-state index contributed by atoms with van der Waals surface area (Å²) >= 11 is 0. The maximum Gasteiger partial charge on any atom is 0.270 e. The second-order valence-corrected chi connectivity index (χ2v) is 5.70. The van der Waals surface area contributed by atoms with Crippen LogP contribution in [-0.2, 0) is 6.54 Å². The first-order chi connectivity index (χ1) is 9.94. The van der Waals surface area contributed by atoms with E-state index in [1.165, 1.54) is 6.33 Å². The summed E-state index contributed by atoms with van der Waals surface area (Å²) < 4.78 is 0. The van der Waals surface area contributed by atoms with E-state index in [9.17, 15) is 4.79 Å². The van der Waals surface area contributed by atoms with E-state index in [0.717, 1.165) is 5.56 Å². The third-order valence-electron chi connectivity index (χ3n) is 2.61. The molecule has 2 rings (SSSR count). The van der Waals surface area contributed by atoms with E-state index in [0.29, 0.717) is 18.1 Å². The Morgan fingerprint density at radius 3 is 2.57 bits per heavy atom. The molecule has 0 bridgehead atoms. The zero-order valence-electron chi connectivity index (χ0n) is 12.4. The Kier molecular flexibility index (Phi) is 4.47. The summed E-state index contributed by atoms with van der Waals surface area (Å²) in [6.07, 6.45) is 4.77. The molecule has 0 spiro atoms. The van der Waals surface area contributed by atoms with Crippen molar-refractivity contribution in [3.8, 4) is 0 Å². The van der Waals surface area contributed by atoms with Crippen LogP contribution in [0.4, 0.5) is 5.82 Å². The van der Waals surface area contributed by atoms with Gasteiger partial charge >= 0.3 is 0 Å². The van der Waals surface area contributed by atoms with Crippen LogP contribution in [0.15, 0.2) is 36.9 Å². The van der Waals surface area contributed by atoms with Crippen LogP contribution in [0.2, 0.25) is 0 Å². The van der Waals surface area contributed by atoms with E-state index in [4.69, 9.17) is 0 Å². The Bertz CT molecular complexity index is 607. The number of pyridine rings is 1. The Labute approximate surface area is 124 Å². The number of hydrogen-bond donors (Lipinski definition) is 2. The Morgan fingerprint density at radius 1 is 1.19 bits per heavy atom. The number of aromatic nitrogens is 3. The molecule has 6 nitrogen and oxygen atoms in total. The molecule has 0 atom stereocenters. The van der Waals surface area contributed by atoms with Crippen LogP contribution in [0.1, 0.15) is 36.8 Å². The van der Waals surface area contributed by atoms with Gasteiger partial charge in [0.2, 0.25) is 0 Å². The van der Waals surface area contributed by atoms with Crippen LogP contribution in [0, 0.1) is 0 Å². The van der Waals surface area contributed by atoms with Crippen LogP contribution in [0.3, 0.4) is 0 Å². The molecule has 0 radical (unpaired) electrons. The van der Waals surface area contributed by atoms with Crippen molar-refractivity contribution >= 4 is 11.7 Å². The fourth-order valence-corrected chi connectivity index (χ4v) is 1.71. The van der Waals surface area contributed by atoms with Gasteiger partial charge in [-0.2, -0.15) is 0 Å². The first kappa shape index (κ1) is 14.9. The summed E-state index contributed by atoms with van der Waals surface area (Å²) in [6.45, 7) is 6.52. The molecule has 110 valence electrons. The van der Waals surface area contributed by atoms with E-state index < -0.39 is 0 Å². The van der Waals surface area contributed by atoms with Crippen molar-refractivity contribution in [3.63, 3.8) is 0 Å². The van der Waals surface area contributed by atoms with E-state index in [1.807, 2.05) is 32.9 Å². The number of carbonyl (C=O) groups excluding carboxylic acids is 1. The lowest BCUT2D eigenvalue weighted by atomic mass is 10.1. The molecule has 2 heterocycles. The number of nitrogens with one attached hydrogen (secondary N) is 2. The van der Waals surface area contributed by atoms with Gasteiger partial charge in [0, 0.05) is 30.5 Å². The molecule has 6 heteroatoms. The molecular weight excluding hydrogens is 266 g/mol. The predicted octanol–water partition coefficient (Wildman–Crippen LogP) is 2.01. The van der Waals surface area contributed by atoms with Crippen molar-refractivity contribution in [1.82, 2.24) is 20.3 Å². The molecule has 1 amide bonds. The maximum absolute atomic E-state index is 12.1. The van der Waals surface area contributed by atoms with Crippen LogP contribution in [-0.4, -0.2) is 26.4 Å². The zero-order chi connectivity index (χ0) is 15.3. The molecule has 2 aromatic rings. The lowest BCUT2D eigenvalue weighted by Gasteiger charge is -2.21. The number of nitrogens with zero attached hydrogens (tertiary/aromatic N) is 3. The lowest BCUT2D eigenvalue weighted by Crippen LogP contribution is -2.28. The highest BCUT2D eigenvalue weighted by Gasteiger charge is 2.13. The van der Waals surface area contributed by atoms with Crippen molar-refractivity contribution in [3.05, 3.63) is 48.2 Å². The van der Waals surface area contributed by atoms with Gasteiger partial charge in [0.1, 0.15) is 17.8 Å². The first-order valence-corrected chi connectivity index (χ1v) is 6.71. The van der Waals surface area contributed by atoms with Crippen molar-refractivity contribution < 1.29 is 4.79 Å². The third-order valence-corrected chi connectivity index (χ3v) is 2.61. The van der Waals surface area contributed by atoms with E-state index >= 15 is 0 Å². The quantitative estimate of drug-likeness (QED) is 0.898. The van der Waals surface area contributed by atoms with Gasteiger partial charge in [-0.3, -0.25) is 9.78 Å². The molecular formula is C15H19N5O. The van der Waals surface area contributed by atoms with Gasteiger partial charge in [-0.05, 0) is 38.5 Å². The lowest BCUT2D eigenvalue weighted by molar-refractivity contribution is 0.0945. The molecule has 0 fully saturated rings. The predicted molar refractivity (Wildman–Crippen MR) is 80.8 cm³/mol. The van der Waals surface area contributed by atoms with E-state index in [2.05, 4.69) is 25.6 Å². The third kappa shape index (κ3) is 4.83. The van der Waals surface area contributed by atoms with Crippen LogP contribution < -0.4 is 10.6 Å². The Balaban J connectivity index is 2.01. The van der Waals surface area contributed by atoms with Crippen molar-refractivity contribution in [1.29, 1.82) is 0 Å². The summed E-state index contributed by atoms with van der Waals surface area (Å²) in [5.74, 6) is 0.401. The SMILES string of the molecule is CC(C)(C)Nc1cc(C(=O)NCc2ccncc2)ncn1. The average molecular weight is 285 g/mol. The molecule has 21 heavy (non-hydrogen) atoms. The molecule has 0 aromatic carbocycles. The standard InChI is InChI=1S/C15H19N5O/c1-15(2,3)20-13-8-12(18-10-19-13)14(21)17-9-11-4-6-16-7-5-11/h4-8,10H,9H2,1-3H3,(H,17,21)(H,18,19,20). The first-order valence-electron chi connectivity index (χ1n) is 6.71. The van der Waals surface area contributed by atoms with Crippen LogP contribution in [0.5, 0.6) is 0 Å². The van der Waals surface area contributed by atoms with E-state index in [-0.39, 0.29) is 11.4 Å². The minimum atomic E-state index is -0.230. The maximum atomic E-state index is 12.1. The highest BCUT2D eigenvalue weighted by atomic mass is 16.1. The monoisotopic (exact) mass is 285 g/mol. The molecule has 0 aliphatic rings.